The van der Waals surface area contributed by atoms with Crippen molar-refractivity contribution in [2.75, 3.05) is 5.32 Å². The van der Waals surface area contributed by atoms with Crippen LogP contribution in [-0.2, 0) is 13.6 Å². The van der Waals surface area contributed by atoms with Gasteiger partial charge in [0.15, 0.2) is 0 Å². The van der Waals surface area contributed by atoms with Crippen LogP contribution in [0.4, 0.5) is 11.6 Å². The zero-order chi connectivity index (χ0) is 19.8. The predicted molar refractivity (Wildman–Crippen MR) is 115 cm³/mol. The first-order valence-electron chi connectivity index (χ1n) is 9.41. The molecule has 0 amide bonds. The first-order valence-corrected chi connectivity index (χ1v) is 9.78. The molecule has 0 bridgehead atoms. The van der Waals surface area contributed by atoms with E-state index in [-0.39, 0.29) is 0 Å². The molecule has 0 atom stereocenters. The van der Waals surface area contributed by atoms with Gasteiger partial charge in [0.2, 0.25) is 5.82 Å². The maximum Gasteiger partial charge on any atom is 0.387 e. The highest BCUT2D eigenvalue weighted by Gasteiger charge is 2.30. The van der Waals surface area contributed by atoms with E-state index in [2.05, 4.69) is 22.0 Å². The molecule has 0 spiro atoms. The van der Waals surface area contributed by atoms with Gasteiger partial charge in [-0.2, -0.15) is 4.57 Å². The Bertz CT molecular complexity index is 1210. The number of fused-ring (bicyclic) bond motifs is 3. The second-order valence-electron chi connectivity index (χ2n) is 6.88. The lowest BCUT2D eigenvalue weighted by Crippen LogP contribution is -2.37. The number of nitrogens with one attached hydrogen (secondary N) is 1. The fourth-order valence-electron chi connectivity index (χ4n) is 3.64. The maximum atomic E-state index is 6.38. The van der Waals surface area contributed by atoms with E-state index >= 15 is 0 Å². The molecule has 0 radical (unpaired) electrons. The van der Waals surface area contributed by atoms with E-state index in [0.717, 1.165) is 40.0 Å². The Hall–Kier alpha value is -3.44. The van der Waals surface area contributed by atoms with E-state index in [0.29, 0.717) is 11.6 Å². The number of aryl methyl sites for hydroxylation is 1. The van der Waals surface area contributed by atoms with Crippen LogP contribution in [0.1, 0.15) is 17.0 Å². The largest absolute Gasteiger partial charge is 0.387 e. The van der Waals surface area contributed by atoms with Crippen LogP contribution in [0.15, 0.2) is 83.9 Å². The summed E-state index contributed by atoms with van der Waals surface area (Å²) in [6.45, 7) is 0.510. The van der Waals surface area contributed by atoms with Crippen LogP contribution in [0.5, 0.6) is 0 Å². The number of benzene rings is 3. The minimum Gasteiger partial charge on any atom is -0.274 e. The fraction of sp³-hybridized carbons (Fsp3) is 0.0870. The molecular formula is C23H19ClN5+. The first kappa shape index (κ1) is 17.6. The van der Waals surface area contributed by atoms with Gasteiger partial charge in [0, 0.05) is 21.2 Å². The van der Waals surface area contributed by atoms with E-state index in [1.807, 2.05) is 78.5 Å². The van der Waals surface area contributed by atoms with Crippen molar-refractivity contribution in [3.8, 4) is 5.69 Å². The van der Waals surface area contributed by atoms with Crippen LogP contribution < -0.4 is 9.88 Å². The second-order valence-corrected chi connectivity index (χ2v) is 7.32. The van der Waals surface area contributed by atoms with E-state index in [9.17, 15) is 0 Å². The van der Waals surface area contributed by atoms with Gasteiger partial charge in [-0.25, -0.2) is 0 Å². The van der Waals surface area contributed by atoms with Gasteiger partial charge in [0.25, 0.3) is 0 Å². The van der Waals surface area contributed by atoms with Crippen LogP contribution in [0.25, 0.3) is 5.69 Å². The Kier molecular flexibility index (Phi) is 4.37. The molecule has 2 heterocycles. The van der Waals surface area contributed by atoms with Gasteiger partial charge >= 0.3 is 5.95 Å². The summed E-state index contributed by atoms with van der Waals surface area (Å²) in [5.41, 5.74) is 4.95. The van der Waals surface area contributed by atoms with E-state index < -0.39 is 0 Å². The molecule has 142 valence electrons. The summed E-state index contributed by atoms with van der Waals surface area (Å²) in [6.07, 6.45) is 0. The molecule has 5 rings (SSSR count). The molecule has 5 nitrogen and oxygen atoms in total. The van der Waals surface area contributed by atoms with Crippen LogP contribution in [0, 0.1) is 0 Å². The molecule has 0 unspecified atom stereocenters. The monoisotopic (exact) mass is 400 g/mol. The summed E-state index contributed by atoms with van der Waals surface area (Å²) >= 11 is 6.38. The van der Waals surface area contributed by atoms with Crippen LogP contribution in [-0.4, -0.2) is 15.5 Å². The van der Waals surface area contributed by atoms with Gasteiger partial charge in [0.1, 0.15) is 12.2 Å². The van der Waals surface area contributed by atoms with Crippen molar-refractivity contribution < 1.29 is 4.57 Å². The molecule has 0 fully saturated rings. The molecule has 4 aromatic rings. The van der Waals surface area contributed by atoms with E-state index in [1.165, 1.54) is 0 Å². The summed E-state index contributed by atoms with van der Waals surface area (Å²) in [5, 5.41) is 8.83. The highest BCUT2D eigenvalue weighted by atomic mass is 35.5. The molecule has 3 aromatic carbocycles. The zero-order valence-electron chi connectivity index (χ0n) is 15.9. The minimum absolute atomic E-state index is 0.510. The van der Waals surface area contributed by atoms with Gasteiger partial charge in [-0.1, -0.05) is 60.1 Å². The quantitative estimate of drug-likeness (QED) is 0.516. The lowest BCUT2D eigenvalue weighted by Gasteiger charge is -2.11. The molecule has 29 heavy (non-hydrogen) atoms. The highest BCUT2D eigenvalue weighted by molar-refractivity contribution is 6.31. The van der Waals surface area contributed by atoms with Crippen LogP contribution in [0.3, 0.4) is 0 Å². The molecule has 1 aliphatic rings. The normalized spacial score (nSPS) is 12.6. The van der Waals surface area contributed by atoms with Crippen molar-refractivity contribution in [1.29, 1.82) is 0 Å². The van der Waals surface area contributed by atoms with Gasteiger partial charge in [0.05, 0.1) is 18.4 Å². The van der Waals surface area contributed by atoms with Crippen LogP contribution in [0.2, 0.25) is 5.02 Å². The summed E-state index contributed by atoms with van der Waals surface area (Å²) in [4.78, 5) is 4.95. The van der Waals surface area contributed by atoms with Crippen molar-refractivity contribution in [3.05, 3.63) is 101 Å². The van der Waals surface area contributed by atoms with Crippen LogP contribution >= 0.6 is 11.6 Å². The summed E-state index contributed by atoms with van der Waals surface area (Å²) < 4.78 is 4.00. The lowest BCUT2D eigenvalue weighted by atomic mass is 10.0. The first-order chi connectivity index (χ1) is 14.2. The average Bonchev–Trinajstić information content (AvgIpc) is 2.94. The Morgan fingerprint density at radius 2 is 1.69 bits per heavy atom. The third kappa shape index (κ3) is 3.19. The number of hydrogen-bond donors (Lipinski definition) is 1. The van der Waals surface area contributed by atoms with Crippen molar-refractivity contribution in [1.82, 2.24) is 9.78 Å². The third-order valence-corrected chi connectivity index (χ3v) is 5.23. The molecule has 1 aliphatic heterocycles. The SMILES string of the molecule is Cn1nc(Nc2ccccc2)[n+]2c1CN=C(c1ccccc1)c1cc(Cl)ccc1-2. The number of halogens is 1. The highest BCUT2D eigenvalue weighted by Crippen LogP contribution is 2.25. The molecule has 6 heteroatoms. The molecule has 0 saturated heterocycles. The smallest absolute Gasteiger partial charge is 0.274 e. The van der Waals surface area contributed by atoms with Gasteiger partial charge in [-0.05, 0) is 30.3 Å². The predicted octanol–water partition coefficient (Wildman–Crippen LogP) is 4.44. The summed E-state index contributed by atoms with van der Waals surface area (Å²) in [5.74, 6) is 1.72. The number of aliphatic imine (C=N–C) groups is 1. The molecule has 1 N–H and O–H groups in total. The van der Waals surface area contributed by atoms with E-state index in [4.69, 9.17) is 21.7 Å². The summed E-state index contributed by atoms with van der Waals surface area (Å²) in [6, 6.07) is 26.2. The Labute approximate surface area is 173 Å². The Morgan fingerprint density at radius 3 is 2.45 bits per heavy atom. The molecule has 1 aromatic heterocycles. The molecule has 0 aliphatic carbocycles. The van der Waals surface area contributed by atoms with Crippen molar-refractivity contribution in [3.63, 3.8) is 0 Å². The summed E-state index contributed by atoms with van der Waals surface area (Å²) in [7, 11) is 1.95. The number of hydrogen-bond acceptors (Lipinski definition) is 3. The van der Waals surface area contributed by atoms with Gasteiger partial charge in [-0.15, -0.1) is 4.68 Å². The number of para-hydroxylation sites is 1. The number of aromatic nitrogens is 3. The van der Waals surface area contributed by atoms with Gasteiger partial charge in [-0.3, -0.25) is 10.3 Å². The fourth-order valence-corrected chi connectivity index (χ4v) is 3.81. The maximum absolute atomic E-state index is 6.38. The van der Waals surface area contributed by atoms with Gasteiger partial charge < -0.3 is 0 Å². The average molecular weight is 401 g/mol. The minimum atomic E-state index is 0.510. The number of nitrogens with zero attached hydrogens (tertiary/aromatic N) is 4. The van der Waals surface area contributed by atoms with Crippen molar-refractivity contribution in [2.45, 2.75) is 6.54 Å². The Balaban J connectivity index is 1.71. The molecule has 0 saturated carbocycles. The second kappa shape index (κ2) is 7.18. The van der Waals surface area contributed by atoms with E-state index in [1.54, 1.807) is 0 Å². The molecular weight excluding hydrogens is 382 g/mol. The third-order valence-electron chi connectivity index (χ3n) is 5.00. The zero-order valence-corrected chi connectivity index (χ0v) is 16.6. The lowest BCUT2D eigenvalue weighted by molar-refractivity contribution is -0.590. The van der Waals surface area contributed by atoms with Crippen molar-refractivity contribution in [2.24, 2.45) is 12.0 Å². The standard InChI is InChI=1S/C23H19ClN5/c1-28-21-15-25-22(16-8-4-2-5-9-16)19-14-17(24)12-13-20(19)29(21)23(27-28)26-18-10-6-3-7-11-18/h2-14H,15H2,1H3,(H,26,27)/q+1. The van der Waals surface area contributed by atoms with Crippen molar-refractivity contribution >= 4 is 28.9 Å². The Morgan fingerprint density at radius 1 is 0.966 bits per heavy atom. The number of anilines is 2. The topological polar surface area (TPSA) is 46.1 Å². The number of rotatable bonds is 3.